The second-order valence-corrected chi connectivity index (χ2v) is 17.7. The molecule has 0 aliphatic heterocycles. The van der Waals surface area contributed by atoms with Crippen molar-refractivity contribution in [2.24, 2.45) is 0 Å². The van der Waals surface area contributed by atoms with Crippen LogP contribution in [0.1, 0.15) is 16.7 Å². The fourth-order valence-corrected chi connectivity index (χ4v) is 11.5. The third-order valence-corrected chi connectivity index (χ3v) is 14.3. The number of nitriles is 3. The fraction of sp³-hybridized carbons (Fsp3) is 0. The van der Waals surface area contributed by atoms with Crippen molar-refractivity contribution in [1.82, 2.24) is 18.3 Å². The molecule has 0 spiro atoms. The van der Waals surface area contributed by atoms with Crippen LogP contribution < -0.4 is 0 Å². The van der Waals surface area contributed by atoms with E-state index in [4.69, 9.17) is 0 Å². The smallest absolute Gasteiger partial charge is 0.104 e. The average Bonchev–Trinajstić information content (AvgIpc) is 4.15. The van der Waals surface area contributed by atoms with E-state index in [2.05, 4.69) is 188 Å². The van der Waals surface area contributed by atoms with Crippen molar-refractivity contribution in [1.29, 1.82) is 15.8 Å². The first-order valence-corrected chi connectivity index (χ1v) is 23.2. The van der Waals surface area contributed by atoms with Gasteiger partial charge in [-0.1, -0.05) is 146 Å². The SMILES string of the molecule is N#Cc1ccc(-c2c(-n3c4ccccc4c4ccccc43)c(C#N)c(-n3c4ccccc4c4ccc5c(c6ccccc6n5-c5ccccc5)c43)c(C#N)c2-n2c3ccccc3c3ccccc32)cc1. The Bertz CT molecular complexity index is 4410. The summed E-state index contributed by atoms with van der Waals surface area (Å²) in [5.74, 6) is 0. The first-order chi connectivity index (χ1) is 34.7. The van der Waals surface area contributed by atoms with E-state index in [1.807, 2.05) is 60.7 Å². The standard InChI is InChI=1S/C63H35N7/c64-36-39-30-32-40(33-31-39)58-62(68-51-24-10-4-18-42(51)43-19-5-11-25-52(43)68)49(37-65)60(50(38-66)63(58)69-53-26-12-6-20-44(53)45-21-7-13-27-54(45)69)70-55-28-14-8-22-46(55)47-34-35-57-59(61(47)70)48-23-9-15-29-56(48)67(57)41-16-2-1-3-17-41/h1-35H. The van der Waals surface area contributed by atoms with Crippen molar-refractivity contribution in [3.05, 3.63) is 229 Å². The Labute approximate surface area is 400 Å². The normalized spacial score (nSPS) is 11.7. The summed E-state index contributed by atoms with van der Waals surface area (Å²) >= 11 is 0. The first kappa shape index (κ1) is 39.1. The minimum atomic E-state index is 0.332. The molecule has 0 N–H and O–H groups in total. The zero-order valence-corrected chi connectivity index (χ0v) is 37.3. The largest absolute Gasteiger partial charge is 0.309 e. The summed E-state index contributed by atoms with van der Waals surface area (Å²) < 4.78 is 8.97. The van der Waals surface area contributed by atoms with Gasteiger partial charge in [-0.3, -0.25) is 0 Å². The van der Waals surface area contributed by atoms with Gasteiger partial charge in [-0.15, -0.1) is 0 Å². The highest BCUT2D eigenvalue weighted by molar-refractivity contribution is 6.26. The van der Waals surface area contributed by atoms with E-state index in [0.717, 1.165) is 98.5 Å². The van der Waals surface area contributed by atoms with E-state index < -0.39 is 0 Å². The van der Waals surface area contributed by atoms with Gasteiger partial charge in [0.15, 0.2) is 0 Å². The predicted octanol–water partition coefficient (Wildman–Crippen LogP) is 15.4. The van der Waals surface area contributed by atoms with Crippen LogP contribution in [-0.2, 0) is 0 Å². The van der Waals surface area contributed by atoms with Crippen molar-refractivity contribution in [2.75, 3.05) is 0 Å². The Morgan fingerprint density at radius 1 is 0.286 bits per heavy atom. The van der Waals surface area contributed by atoms with E-state index in [1.165, 1.54) is 0 Å². The van der Waals surface area contributed by atoms with Crippen molar-refractivity contribution in [3.8, 4) is 52.1 Å². The molecule has 0 atom stereocenters. The summed E-state index contributed by atoms with van der Waals surface area (Å²) in [6.07, 6.45) is 0. The van der Waals surface area contributed by atoms with Gasteiger partial charge >= 0.3 is 0 Å². The maximum atomic E-state index is 12.3. The number of fused-ring (bicyclic) bond motifs is 13. The van der Waals surface area contributed by atoms with Gasteiger partial charge in [0, 0.05) is 54.3 Å². The zero-order valence-electron chi connectivity index (χ0n) is 37.3. The zero-order chi connectivity index (χ0) is 46.6. The fourth-order valence-electron chi connectivity index (χ4n) is 11.5. The maximum absolute atomic E-state index is 12.3. The van der Waals surface area contributed by atoms with Crippen LogP contribution in [0.2, 0.25) is 0 Å². The van der Waals surface area contributed by atoms with Gasteiger partial charge in [-0.05, 0) is 72.3 Å². The molecule has 4 heterocycles. The molecule has 0 radical (unpaired) electrons. The molecule has 0 saturated heterocycles. The van der Waals surface area contributed by atoms with Crippen LogP contribution >= 0.6 is 0 Å². The van der Waals surface area contributed by atoms with E-state index in [9.17, 15) is 15.8 Å². The second-order valence-electron chi connectivity index (χ2n) is 17.7. The van der Waals surface area contributed by atoms with Gasteiger partial charge in [-0.25, -0.2) is 0 Å². The summed E-state index contributed by atoms with van der Waals surface area (Å²) in [6, 6.07) is 80.4. The minimum Gasteiger partial charge on any atom is -0.309 e. The van der Waals surface area contributed by atoms with Crippen LogP contribution in [0.3, 0.4) is 0 Å². The molecular weight excluding hydrogens is 855 g/mol. The quantitative estimate of drug-likeness (QED) is 0.172. The lowest BCUT2D eigenvalue weighted by atomic mass is 9.91. The molecule has 0 fully saturated rings. The van der Waals surface area contributed by atoms with Crippen LogP contribution in [-0.4, -0.2) is 18.3 Å². The molecular formula is C63H35N7. The lowest BCUT2D eigenvalue weighted by Gasteiger charge is -2.26. The topological polar surface area (TPSA) is 91.1 Å². The molecule has 0 aliphatic rings. The number of para-hydroxylation sites is 7. The highest BCUT2D eigenvalue weighted by Crippen LogP contribution is 2.50. The molecule has 322 valence electrons. The lowest BCUT2D eigenvalue weighted by Crippen LogP contribution is -2.14. The number of hydrogen-bond donors (Lipinski definition) is 0. The summed E-state index contributed by atoms with van der Waals surface area (Å²) in [4.78, 5) is 0. The third-order valence-electron chi connectivity index (χ3n) is 14.3. The molecule has 7 heteroatoms. The van der Waals surface area contributed by atoms with Gasteiger partial charge in [-0.2, -0.15) is 15.8 Å². The average molecular weight is 890 g/mol. The van der Waals surface area contributed by atoms with E-state index >= 15 is 0 Å². The Kier molecular flexibility index (Phi) is 8.34. The molecule has 7 nitrogen and oxygen atoms in total. The molecule has 0 saturated carbocycles. The van der Waals surface area contributed by atoms with Crippen LogP contribution in [0, 0.1) is 34.0 Å². The van der Waals surface area contributed by atoms with Crippen LogP contribution in [0.4, 0.5) is 0 Å². The minimum absolute atomic E-state index is 0.332. The lowest BCUT2D eigenvalue weighted by molar-refractivity contribution is 1.08. The number of benzene rings is 10. The van der Waals surface area contributed by atoms with Crippen molar-refractivity contribution in [2.45, 2.75) is 0 Å². The van der Waals surface area contributed by atoms with Crippen LogP contribution in [0.15, 0.2) is 212 Å². The predicted molar refractivity (Wildman–Crippen MR) is 283 cm³/mol. The van der Waals surface area contributed by atoms with E-state index in [0.29, 0.717) is 39.3 Å². The van der Waals surface area contributed by atoms with Crippen molar-refractivity contribution < 1.29 is 0 Å². The van der Waals surface area contributed by atoms with Gasteiger partial charge in [0.2, 0.25) is 0 Å². The Morgan fingerprint density at radius 3 is 1.14 bits per heavy atom. The molecule has 0 unspecified atom stereocenters. The van der Waals surface area contributed by atoms with Gasteiger partial charge < -0.3 is 18.3 Å². The van der Waals surface area contributed by atoms with E-state index in [1.54, 1.807) is 0 Å². The molecule has 0 amide bonds. The number of aromatic nitrogens is 4. The molecule has 0 aliphatic carbocycles. The molecule has 4 aromatic heterocycles. The number of hydrogen-bond acceptors (Lipinski definition) is 3. The summed E-state index contributed by atoms with van der Waals surface area (Å²) in [5.41, 5.74) is 12.8. The summed E-state index contributed by atoms with van der Waals surface area (Å²) in [7, 11) is 0. The molecule has 14 rings (SSSR count). The Balaban J connectivity index is 1.30. The van der Waals surface area contributed by atoms with E-state index in [-0.39, 0.29) is 0 Å². The van der Waals surface area contributed by atoms with Gasteiger partial charge in [0.1, 0.15) is 23.3 Å². The Hall–Kier alpha value is -10.1. The van der Waals surface area contributed by atoms with Gasteiger partial charge in [0.05, 0.1) is 72.8 Å². The summed E-state index contributed by atoms with van der Waals surface area (Å²) in [6.45, 7) is 0. The molecule has 70 heavy (non-hydrogen) atoms. The maximum Gasteiger partial charge on any atom is 0.104 e. The summed E-state index contributed by atoms with van der Waals surface area (Å²) in [5, 5.41) is 42.9. The van der Waals surface area contributed by atoms with Crippen molar-refractivity contribution >= 4 is 87.2 Å². The molecule has 0 bridgehead atoms. The number of nitrogens with zero attached hydrogens (tertiary/aromatic N) is 7. The Morgan fingerprint density at radius 2 is 0.686 bits per heavy atom. The number of rotatable bonds is 5. The van der Waals surface area contributed by atoms with Crippen molar-refractivity contribution in [3.63, 3.8) is 0 Å². The second kappa shape index (κ2) is 14.9. The van der Waals surface area contributed by atoms with Crippen LogP contribution in [0.25, 0.3) is 121 Å². The highest BCUT2D eigenvalue weighted by Gasteiger charge is 2.34. The first-order valence-electron chi connectivity index (χ1n) is 23.2. The molecule has 10 aromatic carbocycles. The highest BCUT2D eigenvalue weighted by atomic mass is 15.1. The van der Waals surface area contributed by atoms with Gasteiger partial charge in [0.25, 0.3) is 0 Å². The third kappa shape index (κ3) is 5.25. The molecule has 14 aromatic rings. The van der Waals surface area contributed by atoms with Crippen LogP contribution in [0.5, 0.6) is 0 Å². The monoisotopic (exact) mass is 889 g/mol.